The minimum Gasteiger partial charge on any atom is -0.478 e. The Bertz CT molecular complexity index is 811. The van der Waals surface area contributed by atoms with Crippen LogP contribution in [0.25, 0.3) is 0 Å². The second kappa shape index (κ2) is 6.00. The van der Waals surface area contributed by atoms with Crippen molar-refractivity contribution in [2.45, 2.75) is 4.90 Å². The molecule has 0 saturated heterocycles. The van der Waals surface area contributed by atoms with Gasteiger partial charge in [-0.25, -0.2) is 18.2 Å². The first-order valence-corrected chi connectivity index (χ1v) is 8.13. The number of rotatable bonds is 4. The number of carbonyl (C=O) groups is 1. The molecule has 0 aliphatic carbocycles. The van der Waals surface area contributed by atoms with Gasteiger partial charge in [-0.05, 0) is 46.3 Å². The molecular formula is C12H8BrClN2O4S. The molecular weight excluding hydrogens is 384 g/mol. The average Bonchev–Trinajstić information content (AvgIpc) is 2.41. The van der Waals surface area contributed by atoms with Crippen LogP contribution < -0.4 is 4.72 Å². The smallest absolute Gasteiger partial charge is 0.337 e. The third kappa shape index (κ3) is 3.52. The maximum absolute atomic E-state index is 12.2. The van der Waals surface area contributed by atoms with Crippen molar-refractivity contribution in [2.75, 3.05) is 4.72 Å². The van der Waals surface area contributed by atoms with E-state index in [1.165, 1.54) is 18.3 Å². The van der Waals surface area contributed by atoms with Crippen LogP contribution in [0.5, 0.6) is 0 Å². The van der Waals surface area contributed by atoms with Crippen LogP contribution in [0.3, 0.4) is 0 Å². The quantitative estimate of drug-likeness (QED) is 0.835. The van der Waals surface area contributed by atoms with Crippen molar-refractivity contribution < 1.29 is 18.3 Å². The number of nitrogens with zero attached hydrogens (tertiary/aromatic N) is 1. The van der Waals surface area contributed by atoms with Gasteiger partial charge in [-0.15, -0.1) is 0 Å². The third-order valence-electron chi connectivity index (χ3n) is 2.47. The molecule has 1 heterocycles. The lowest BCUT2D eigenvalue weighted by Gasteiger charge is -2.09. The minimum absolute atomic E-state index is 0.0412. The summed E-state index contributed by atoms with van der Waals surface area (Å²) in [4.78, 5) is 14.7. The molecule has 0 saturated carbocycles. The van der Waals surface area contributed by atoms with E-state index in [9.17, 15) is 13.2 Å². The van der Waals surface area contributed by atoms with E-state index in [1.54, 1.807) is 12.1 Å². The Kier molecular flexibility index (Phi) is 4.50. The van der Waals surface area contributed by atoms with Crippen molar-refractivity contribution in [3.63, 3.8) is 0 Å². The molecule has 0 aliphatic rings. The van der Waals surface area contributed by atoms with Gasteiger partial charge >= 0.3 is 5.97 Å². The highest BCUT2D eigenvalue weighted by Crippen LogP contribution is 2.24. The fourth-order valence-electron chi connectivity index (χ4n) is 1.48. The first-order chi connectivity index (χ1) is 9.81. The normalized spacial score (nSPS) is 11.1. The van der Waals surface area contributed by atoms with Crippen LogP contribution >= 0.6 is 27.5 Å². The highest BCUT2D eigenvalue weighted by atomic mass is 79.9. The van der Waals surface area contributed by atoms with Crippen molar-refractivity contribution in [3.05, 3.63) is 51.6 Å². The van der Waals surface area contributed by atoms with Crippen LogP contribution in [0, 0.1) is 0 Å². The molecule has 0 aliphatic heterocycles. The summed E-state index contributed by atoms with van der Waals surface area (Å²) in [6.45, 7) is 0. The topological polar surface area (TPSA) is 96.4 Å². The van der Waals surface area contributed by atoms with E-state index in [0.717, 1.165) is 6.07 Å². The number of anilines is 1. The van der Waals surface area contributed by atoms with E-state index in [1.807, 2.05) is 0 Å². The highest BCUT2D eigenvalue weighted by molar-refractivity contribution is 9.10. The number of aromatic carboxylic acids is 1. The van der Waals surface area contributed by atoms with Gasteiger partial charge in [-0.2, -0.15) is 0 Å². The molecule has 21 heavy (non-hydrogen) atoms. The van der Waals surface area contributed by atoms with Gasteiger partial charge in [0.15, 0.2) is 5.82 Å². The van der Waals surface area contributed by atoms with Gasteiger partial charge < -0.3 is 5.11 Å². The number of nitrogens with one attached hydrogen (secondary N) is 1. The molecule has 0 fully saturated rings. The van der Waals surface area contributed by atoms with E-state index < -0.39 is 16.0 Å². The number of hydrogen-bond donors (Lipinski definition) is 2. The lowest BCUT2D eigenvalue weighted by molar-refractivity contribution is 0.0697. The number of hydrogen-bond acceptors (Lipinski definition) is 4. The van der Waals surface area contributed by atoms with Gasteiger partial charge in [-0.3, -0.25) is 4.72 Å². The zero-order valence-electron chi connectivity index (χ0n) is 10.2. The van der Waals surface area contributed by atoms with Crippen molar-refractivity contribution >= 4 is 49.3 Å². The largest absolute Gasteiger partial charge is 0.478 e. The molecule has 110 valence electrons. The van der Waals surface area contributed by atoms with E-state index in [4.69, 9.17) is 16.7 Å². The van der Waals surface area contributed by atoms with Gasteiger partial charge in [0.05, 0.1) is 20.0 Å². The maximum atomic E-state index is 12.2. The van der Waals surface area contributed by atoms with Crippen LogP contribution in [-0.4, -0.2) is 24.5 Å². The summed E-state index contributed by atoms with van der Waals surface area (Å²) in [7, 11) is -3.97. The summed E-state index contributed by atoms with van der Waals surface area (Å²) in [6.07, 6.45) is 1.42. The lowest BCUT2D eigenvalue weighted by Crippen LogP contribution is -2.15. The third-order valence-corrected chi connectivity index (χ3v) is 4.77. The van der Waals surface area contributed by atoms with Crippen molar-refractivity contribution in [1.29, 1.82) is 0 Å². The minimum atomic E-state index is -3.97. The summed E-state index contributed by atoms with van der Waals surface area (Å²) in [6, 6.07) is 6.67. The zero-order valence-corrected chi connectivity index (χ0v) is 13.4. The van der Waals surface area contributed by atoms with Gasteiger partial charge in [0, 0.05) is 6.20 Å². The number of sulfonamides is 1. The fraction of sp³-hybridized carbons (Fsp3) is 0. The lowest BCUT2D eigenvalue weighted by atomic mass is 10.2. The van der Waals surface area contributed by atoms with E-state index in [2.05, 4.69) is 25.6 Å². The molecule has 1 aromatic heterocycles. The molecule has 0 amide bonds. The summed E-state index contributed by atoms with van der Waals surface area (Å²) in [5.41, 5.74) is -0.292. The Morgan fingerprint density at radius 2 is 2.05 bits per heavy atom. The Hall–Kier alpha value is -1.64. The molecule has 0 bridgehead atoms. The monoisotopic (exact) mass is 390 g/mol. The van der Waals surface area contributed by atoms with E-state index >= 15 is 0 Å². The Balaban J connectivity index is 2.43. The molecule has 0 atom stereocenters. The Morgan fingerprint density at radius 1 is 1.33 bits per heavy atom. The summed E-state index contributed by atoms with van der Waals surface area (Å²) < 4.78 is 27.2. The number of aromatic nitrogens is 1. The van der Waals surface area contributed by atoms with Crippen molar-refractivity contribution in [2.24, 2.45) is 0 Å². The number of benzene rings is 1. The first-order valence-electron chi connectivity index (χ1n) is 5.47. The molecule has 9 heteroatoms. The maximum Gasteiger partial charge on any atom is 0.337 e. The number of halogens is 2. The van der Waals surface area contributed by atoms with Crippen LogP contribution in [0.1, 0.15) is 10.4 Å². The van der Waals surface area contributed by atoms with Gasteiger partial charge in [-0.1, -0.05) is 11.6 Å². The molecule has 2 aromatic rings. The summed E-state index contributed by atoms with van der Waals surface area (Å²) in [5, 5.41) is 8.93. The van der Waals surface area contributed by atoms with E-state index in [-0.39, 0.29) is 21.3 Å². The van der Waals surface area contributed by atoms with Crippen LogP contribution in [-0.2, 0) is 10.0 Å². The second-order valence-corrected chi connectivity index (χ2v) is 6.83. The van der Waals surface area contributed by atoms with Gasteiger partial charge in [0.25, 0.3) is 10.0 Å². The predicted molar refractivity (Wildman–Crippen MR) is 81.2 cm³/mol. The molecule has 6 nitrogen and oxygen atoms in total. The average molecular weight is 392 g/mol. The van der Waals surface area contributed by atoms with E-state index in [0.29, 0.717) is 4.47 Å². The second-order valence-electron chi connectivity index (χ2n) is 3.89. The first kappa shape index (κ1) is 15.7. The van der Waals surface area contributed by atoms with Crippen LogP contribution in [0.2, 0.25) is 5.02 Å². The Labute approximate surface area is 134 Å². The molecule has 1 aromatic carbocycles. The standard InChI is InChI=1S/C12H8BrClN2O4S/c13-9-2-1-5-15-11(9)16-21(19,20)7-3-4-10(14)8(6-7)12(17)18/h1-6H,(H,15,16)(H,17,18). The molecule has 2 rings (SSSR count). The van der Waals surface area contributed by atoms with Crippen molar-refractivity contribution in [3.8, 4) is 0 Å². The number of pyridine rings is 1. The zero-order chi connectivity index (χ0) is 15.6. The predicted octanol–water partition coefficient (Wildman–Crippen LogP) is 3.00. The van der Waals surface area contributed by atoms with Crippen LogP contribution in [0.4, 0.5) is 5.82 Å². The highest BCUT2D eigenvalue weighted by Gasteiger charge is 2.19. The Morgan fingerprint density at radius 3 is 2.67 bits per heavy atom. The van der Waals surface area contributed by atoms with Gasteiger partial charge in [0.2, 0.25) is 0 Å². The summed E-state index contributed by atoms with van der Waals surface area (Å²) >= 11 is 8.88. The molecule has 2 N–H and O–H groups in total. The molecule has 0 radical (unpaired) electrons. The van der Waals surface area contributed by atoms with Crippen molar-refractivity contribution in [1.82, 2.24) is 4.98 Å². The molecule has 0 spiro atoms. The summed E-state index contributed by atoms with van der Waals surface area (Å²) in [5.74, 6) is -1.21. The fourth-order valence-corrected chi connectivity index (χ4v) is 3.22. The number of carboxylic acids is 1. The van der Waals surface area contributed by atoms with Gasteiger partial charge in [0.1, 0.15) is 0 Å². The SMILES string of the molecule is O=C(O)c1cc(S(=O)(=O)Nc2ncccc2Br)ccc1Cl. The van der Waals surface area contributed by atoms with Crippen LogP contribution in [0.15, 0.2) is 45.9 Å². The molecule has 0 unspecified atom stereocenters. The number of carboxylic acid groups (broad SMARTS) is 1.